The third-order valence-electron chi connectivity index (χ3n) is 3.03. The minimum atomic E-state index is -0.846. The second-order valence-corrected chi connectivity index (χ2v) is 4.24. The van der Waals surface area contributed by atoms with Gasteiger partial charge in [-0.15, -0.1) is 0 Å². The van der Waals surface area contributed by atoms with Crippen LogP contribution in [0, 0.1) is 0 Å². The molecule has 0 saturated carbocycles. The van der Waals surface area contributed by atoms with Crippen LogP contribution >= 0.6 is 0 Å². The van der Waals surface area contributed by atoms with Crippen molar-refractivity contribution in [2.24, 2.45) is 0 Å². The Balaban J connectivity index is 2.12. The maximum Gasteiger partial charge on any atom is 0.307 e. The standard InChI is InChI=1S/C13H12O4/c14-13(15)5-9-7-17-12-6-11-8(4-10(9)12)2-1-3-16-11/h4,6-7H,1-3,5H2,(H,14,15). The van der Waals surface area contributed by atoms with Crippen LogP contribution in [0.4, 0.5) is 0 Å². The van der Waals surface area contributed by atoms with Gasteiger partial charge in [0.1, 0.15) is 11.3 Å². The van der Waals surface area contributed by atoms with Crippen LogP contribution in [0.25, 0.3) is 11.0 Å². The van der Waals surface area contributed by atoms with Gasteiger partial charge in [0.2, 0.25) is 0 Å². The van der Waals surface area contributed by atoms with Crippen LogP contribution in [-0.2, 0) is 17.6 Å². The van der Waals surface area contributed by atoms with E-state index >= 15 is 0 Å². The Bertz CT molecular complexity index is 582. The predicted molar refractivity (Wildman–Crippen MR) is 61.4 cm³/mol. The number of rotatable bonds is 2. The SMILES string of the molecule is O=C(O)Cc1coc2cc3c(cc12)CCCO3. The summed E-state index contributed by atoms with van der Waals surface area (Å²) in [6, 6.07) is 3.85. The Morgan fingerprint density at radius 2 is 2.29 bits per heavy atom. The van der Waals surface area contributed by atoms with Crippen molar-refractivity contribution < 1.29 is 19.1 Å². The van der Waals surface area contributed by atoms with Gasteiger partial charge in [-0.25, -0.2) is 0 Å². The molecule has 4 heteroatoms. The lowest BCUT2D eigenvalue weighted by molar-refractivity contribution is -0.136. The molecule has 1 aromatic heterocycles. The van der Waals surface area contributed by atoms with Gasteiger partial charge in [0.25, 0.3) is 0 Å². The molecule has 4 nitrogen and oxygen atoms in total. The zero-order chi connectivity index (χ0) is 11.8. The van der Waals surface area contributed by atoms with Gasteiger partial charge in [0, 0.05) is 17.0 Å². The van der Waals surface area contributed by atoms with Gasteiger partial charge in [0.15, 0.2) is 0 Å². The summed E-state index contributed by atoms with van der Waals surface area (Å²) in [4.78, 5) is 10.7. The van der Waals surface area contributed by atoms with E-state index in [1.54, 1.807) is 0 Å². The molecule has 1 aromatic carbocycles. The highest BCUT2D eigenvalue weighted by Crippen LogP contribution is 2.32. The molecule has 2 heterocycles. The minimum Gasteiger partial charge on any atom is -0.493 e. The number of aryl methyl sites for hydroxylation is 1. The lowest BCUT2D eigenvalue weighted by Crippen LogP contribution is -2.08. The van der Waals surface area contributed by atoms with Crippen molar-refractivity contribution in [1.29, 1.82) is 0 Å². The van der Waals surface area contributed by atoms with Gasteiger partial charge in [-0.05, 0) is 24.5 Å². The molecular formula is C13H12O4. The van der Waals surface area contributed by atoms with Crippen molar-refractivity contribution in [2.75, 3.05) is 6.61 Å². The zero-order valence-corrected chi connectivity index (χ0v) is 9.23. The van der Waals surface area contributed by atoms with Crippen molar-refractivity contribution >= 4 is 16.9 Å². The van der Waals surface area contributed by atoms with E-state index in [1.807, 2.05) is 12.1 Å². The second-order valence-electron chi connectivity index (χ2n) is 4.24. The Kier molecular flexibility index (Phi) is 2.28. The molecule has 1 aliphatic heterocycles. The molecule has 3 rings (SSSR count). The highest BCUT2D eigenvalue weighted by Gasteiger charge is 2.16. The number of furan rings is 1. The van der Waals surface area contributed by atoms with Gasteiger partial charge in [-0.3, -0.25) is 4.79 Å². The van der Waals surface area contributed by atoms with Crippen molar-refractivity contribution in [3.05, 3.63) is 29.5 Å². The summed E-state index contributed by atoms with van der Waals surface area (Å²) in [5.74, 6) is 0.0154. The molecule has 88 valence electrons. The van der Waals surface area contributed by atoms with Crippen LogP contribution in [0.15, 0.2) is 22.8 Å². The average molecular weight is 232 g/mol. The molecule has 0 saturated heterocycles. The first-order valence-corrected chi connectivity index (χ1v) is 5.61. The smallest absolute Gasteiger partial charge is 0.307 e. The summed E-state index contributed by atoms with van der Waals surface area (Å²) in [5.41, 5.74) is 2.56. The fraction of sp³-hybridized carbons (Fsp3) is 0.308. The summed E-state index contributed by atoms with van der Waals surface area (Å²) in [7, 11) is 0. The van der Waals surface area contributed by atoms with Crippen LogP contribution in [0.1, 0.15) is 17.5 Å². The Morgan fingerprint density at radius 3 is 3.12 bits per heavy atom. The van der Waals surface area contributed by atoms with Crippen molar-refractivity contribution in [1.82, 2.24) is 0 Å². The summed E-state index contributed by atoms with van der Waals surface area (Å²) in [6.45, 7) is 0.737. The second kappa shape index (κ2) is 3.80. The molecule has 0 atom stereocenters. The molecule has 17 heavy (non-hydrogen) atoms. The first-order valence-electron chi connectivity index (χ1n) is 5.61. The number of benzene rings is 1. The van der Waals surface area contributed by atoms with Crippen molar-refractivity contribution in [2.45, 2.75) is 19.3 Å². The number of fused-ring (bicyclic) bond motifs is 2. The number of aliphatic carboxylic acids is 1. The van der Waals surface area contributed by atoms with E-state index in [1.165, 1.54) is 6.26 Å². The van der Waals surface area contributed by atoms with Crippen LogP contribution in [0.3, 0.4) is 0 Å². The molecular weight excluding hydrogens is 220 g/mol. The Hall–Kier alpha value is -1.97. The lowest BCUT2D eigenvalue weighted by Gasteiger charge is -2.16. The third kappa shape index (κ3) is 1.75. The Labute approximate surface area is 97.8 Å². The van der Waals surface area contributed by atoms with Gasteiger partial charge < -0.3 is 14.3 Å². The predicted octanol–water partition coefficient (Wildman–Crippen LogP) is 2.38. The molecule has 2 aromatic rings. The van der Waals surface area contributed by atoms with Crippen molar-refractivity contribution in [3.63, 3.8) is 0 Å². The lowest BCUT2D eigenvalue weighted by atomic mass is 10.0. The number of hydrogen-bond donors (Lipinski definition) is 1. The van der Waals surface area contributed by atoms with Crippen LogP contribution in [0.2, 0.25) is 0 Å². The molecule has 0 fully saturated rings. The minimum absolute atomic E-state index is 0.00730. The van der Waals surface area contributed by atoms with E-state index in [9.17, 15) is 4.79 Å². The molecule has 0 spiro atoms. The molecule has 1 N–H and O–H groups in total. The average Bonchev–Trinajstić information content (AvgIpc) is 2.68. The molecule has 0 amide bonds. The summed E-state index contributed by atoms with van der Waals surface area (Å²) < 4.78 is 10.9. The number of carboxylic acid groups (broad SMARTS) is 1. The summed E-state index contributed by atoms with van der Waals surface area (Å²) in [5, 5.41) is 9.70. The molecule has 0 unspecified atom stereocenters. The highest BCUT2D eigenvalue weighted by atomic mass is 16.5. The molecule has 1 aliphatic rings. The van der Waals surface area contributed by atoms with E-state index in [-0.39, 0.29) is 6.42 Å². The number of carboxylic acids is 1. The summed E-state index contributed by atoms with van der Waals surface area (Å²) in [6.07, 6.45) is 3.49. The fourth-order valence-corrected chi connectivity index (χ4v) is 2.23. The highest BCUT2D eigenvalue weighted by molar-refractivity contribution is 5.87. The monoisotopic (exact) mass is 232 g/mol. The fourth-order valence-electron chi connectivity index (χ4n) is 2.23. The Morgan fingerprint density at radius 1 is 1.41 bits per heavy atom. The van der Waals surface area contributed by atoms with Gasteiger partial charge in [-0.2, -0.15) is 0 Å². The third-order valence-corrected chi connectivity index (χ3v) is 3.03. The van der Waals surface area contributed by atoms with Gasteiger partial charge in [-0.1, -0.05) is 0 Å². The van der Waals surface area contributed by atoms with Crippen LogP contribution < -0.4 is 4.74 Å². The summed E-state index contributed by atoms with van der Waals surface area (Å²) >= 11 is 0. The zero-order valence-electron chi connectivity index (χ0n) is 9.23. The number of hydrogen-bond acceptors (Lipinski definition) is 3. The van der Waals surface area contributed by atoms with E-state index in [4.69, 9.17) is 14.3 Å². The van der Waals surface area contributed by atoms with Gasteiger partial charge >= 0.3 is 5.97 Å². The first kappa shape index (κ1) is 10.2. The number of ether oxygens (including phenoxy) is 1. The topological polar surface area (TPSA) is 59.7 Å². The normalized spacial score (nSPS) is 14.4. The largest absolute Gasteiger partial charge is 0.493 e. The maximum absolute atomic E-state index is 10.7. The maximum atomic E-state index is 10.7. The first-order chi connectivity index (χ1) is 8.24. The van der Waals surface area contributed by atoms with E-state index in [0.717, 1.165) is 41.7 Å². The van der Waals surface area contributed by atoms with Crippen LogP contribution in [-0.4, -0.2) is 17.7 Å². The van der Waals surface area contributed by atoms with E-state index in [0.29, 0.717) is 5.58 Å². The quantitative estimate of drug-likeness (QED) is 0.863. The van der Waals surface area contributed by atoms with Crippen LogP contribution in [0.5, 0.6) is 5.75 Å². The van der Waals surface area contributed by atoms with E-state index < -0.39 is 5.97 Å². The molecule has 0 radical (unpaired) electrons. The molecule has 0 aliphatic carbocycles. The van der Waals surface area contributed by atoms with Gasteiger partial charge in [0.05, 0.1) is 19.3 Å². The van der Waals surface area contributed by atoms with E-state index in [2.05, 4.69) is 0 Å². The molecule has 0 bridgehead atoms. The number of carbonyl (C=O) groups is 1. The van der Waals surface area contributed by atoms with Crippen molar-refractivity contribution in [3.8, 4) is 5.75 Å².